The van der Waals surface area contributed by atoms with Crippen molar-refractivity contribution in [3.05, 3.63) is 21.9 Å². The highest BCUT2D eigenvalue weighted by atomic mass is 32.1. The predicted octanol–water partition coefficient (Wildman–Crippen LogP) is 2.37. The van der Waals surface area contributed by atoms with Crippen LogP contribution in [0.3, 0.4) is 0 Å². The fourth-order valence-corrected chi connectivity index (χ4v) is 2.66. The predicted molar refractivity (Wildman–Crippen MR) is 71.2 cm³/mol. The maximum absolute atomic E-state index is 11.8. The van der Waals surface area contributed by atoms with Gasteiger partial charge in [0.15, 0.2) is 0 Å². The lowest BCUT2D eigenvalue weighted by atomic mass is 10.2. The molecule has 4 heteroatoms. The molecule has 0 radical (unpaired) electrons. The molecule has 94 valence electrons. The van der Waals surface area contributed by atoms with Crippen LogP contribution >= 0.6 is 11.3 Å². The molecule has 0 saturated heterocycles. The highest BCUT2D eigenvalue weighted by Crippen LogP contribution is 2.23. The summed E-state index contributed by atoms with van der Waals surface area (Å²) in [4.78, 5) is 14.4. The Morgan fingerprint density at radius 2 is 2.12 bits per heavy atom. The van der Waals surface area contributed by atoms with Gasteiger partial charge >= 0.3 is 0 Å². The standard InChI is InChI=1S/C13H20N2OS/c1-8-4-7-12(17-8)9(2)14-10(3)13(16)15-11-5-6-11/h4,7,9-11,14H,5-6H2,1-3H3,(H,15,16). The number of hydrogen-bond donors (Lipinski definition) is 2. The largest absolute Gasteiger partial charge is 0.352 e. The Kier molecular flexibility index (Phi) is 3.84. The van der Waals surface area contributed by atoms with Crippen molar-refractivity contribution in [2.75, 3.05) is 0 Å². The molecule has 1 heterocycles. The summed E-state index contributed by atoms with van der Waals surface area (Å²) in [6.07, 6.45) is 2.27. The van der Waals surface area contributed by atoms with Crippen molar-refractivity contribution in [3.63, 3.8) is 0 Å². The Bertz CT molecular complexity index is 398. The SMILES string of the molecule is Cc1ccc(C(C)NC(C)C(=O)NC2CC2)s1. The molecule has 2 N–H and O–H groups in total. The van der Waals surface area contributed by atoms with E-state index in [0.29, 0.717) is 6.04 Å². The highest BCUT2D eigenvalue weighted by molar-refractivity contribution is 7.12. The second kappa shape index (κ2) is 5.19. The average molecular weight is 252 g/mol. The Morgan fingerprint density at radius 3 is 2.65 bits per heavy atom. The van der Waals surface area contributed by atoms with E-state index in [1.807, 2.05) is 6.92 Å². The molecule has 3 nitrogen and oxygen atoms in total. The van der Waals surface area contributed by atoms with Gasteiger partial charge in [0, 0.05) is 21.8 Å². The van der Waals surface area contributed by atoms with E-state index in [2.05, 4.69) is 36.6 Å². The van der Waals surface area contributed by atoms with E-state index in [0.717, 1.165) is 12.8 Å². The average Bonchev–Trinajstić information content (AvgIpc) is 2.97. The molecule has 1 aliphatic carbocycles. The van der Waals surface area contributed by atoms with Crippen LogP contribution in [0.25, 0.3) is 0 Å². The van der Waals surface area contributed by atoms with E-state index < -0.39 is 0 Å². The first-order valence-electron chi connectivity index (χ1n) is 6.19. The van der Waals surface area contributed by atoms with E-state index in [1.165, 1.54) is 9.75 Å². The summed E-state index contributed by atoms with van der Waals surface area (Å²) in [6, 6.07) is 4.78. The lowest BCUT2D eigenvalue weighted by Crippen LogP contribution is -2.43. The van der Waals surface area contributed by atoms with Crippen molar-refractivity contribution in [2.24, 2.45) is 0 Å². The molecular formula is C13H20N2OS. The van der Waals surface area contributed by atoms with Crippen LogP contribution < -0.4 is 10.6 Å². The highest BCUT2D eigenvalue weighted by Gasteiger charge is 2.26. The second-order valence-electron chi connectivity index (χ2n) is 4.84. The summed E-state index contributed by atoms with van der Waals surface area (Å²) in [5.74, 6) is 0.118. The molecule has 2 atom stereocenters. The molecule has 0 aliphatic heterocycles. The number of thiophene rings is 1. The summed E-state index contributed by atoms with van der Waals surface area (Å²) >= 11 is 1.78. The van der Waals surface area contributed by atoms with Crippen LogP contribution in [0.5, 0.6) is 0 Å². The third-order valence-electron chi connectivity index (χ3n) is 3.00. The van der Waals surface area contributed by atoms with E-state index in [4.69, 9.17) is 0 Å². The van der Waals surface area contributed by atoms with E-state index in [-0.39, 0.29) is 18.0 Å². The fraction of sp³-hybridized carbons (Fsp3) is 0.615. The van der Waals surface area contributed by atoms with Crippen molar-refractivity contribution in [1.29, 1.82) is 0 Å². The molecule has 1 aromatic heterocycles. The molecule has 1 fully saturated rings. The van der Waals surface area contributed by atoms with Crippen molar-refractivity contribution >= 4 is 17.2 Å². The van der Waals surface area contributed by atoms with Crippen LogP contribution in [-0.2, 0) is 4.79 Å². The third-order valence-corrected chi connectivity index (χ3v) is 4.19. The Balaban J connectivity index is 1.84. The van der Waals surface area contributed by atoms with Crippen molar-refractivity contribution < 1.29 is 4.79 Å². The monoisotopic (exact) mass is 252 g/mol. The van der Waals surface area contributed by atoms with E-state index in [1.54, 1.807) is 11.3 Å². The first-order valence-corrected chi connectivity index (χ1v) is 7.00. The molecular weight excluding hydrogens is 232 g/mol. The molecule has 0 bridgehead atoms. The summed E-state index contributed by atoms with van der Waals surface area (Å²) in [5.41, 5.74) is 0. The first kappa shape index (κ1) is 12.6. The summed E-state index contributed by atoms with van der Waals surface area (Å²) in [5, 5.41) is 6.36. The van der Waals surface area contributed by atoms with Gasteiger partial charge in [0.25, 0.3) is 0 Å². The molecule has 1 aliphatic rings. The van der Waals surface area contributed by atoms with Crippen LogP contribution in [0.2, 0.25) is 0 Å². The zero-order chi connectivity index (χ0) is 12.4. The summed E-state index contributed by atoms with van der Waals surface area (Å²) in [7, 11) is 0. The Morgan fingerprint density at radius 1 is 1.41 bits per heavy atom. The van der Waals surface area contributed by atoms with E-state index >= 15 is 0 Å². The molecule has 1 amide bonds. The molecule has 0 spiro atoms. The third kappa shape index (κ3) is 3.54. The van der Waals surface area contributed by atoms with Gasteiger partial charge in [-0.1, -0.05) is 0 Å². The number of carbonyl (C=O) groups is 1. The van der Waals surface area contributed by atoms with Gasteiger partial charge in [-0.3, -0.25) is 10.1 Å². The number of carbonyl (C=O) groups excluding carboxylic acids is 1. The minimum Gasteiger partial charge on any atom is -0.352 e. The van der Waals surface area contributed by atoms with Gasteiger partial charge in [0.05, 0.1) is 6.04 Å². The molecule has 17 heavy (non-hydrogen) atoms. The number of amides is 1. The van der Waals surface area contributed by atoms with Gasteiger partial charge in [-0.25, -0.2) is 0 Å². The van der Waals surface area contributed by atoms with Crippen molar-refractivity contribution in [2.45, 2.75) is 51.7 Å². The van der Waals surface area contributed by atoms with Crippen LogP contribution in [-0.4, -0.2) is 18.0 Å². The molecule has 2 rings (SSSR count). The molecule has 2 unspecified atom stereocenters. The van der Waals surface area contributed by atoms with Crippen LogP contribution in [0.4, 0.5) is 0 Å². The maximum atomic E-state index is 11.8. The number of hydrogen-bond acceptors (Lipinski definition) is 3. The zero-order valence-electron chi connectivity index (χ0n) is 10.6. The fourth-order valence-electron chi connectivity index (χ4n) is 1.77. The van der Waals surface area contributed by atoms with Gasteiger partial charge < -0.3 is 5.32 Å². The number of nitrogens with one attached hydrogen (secondary N) is 2. The number of aryl methyl sites for hydroxylation is 1. The van der Waals surface area contributed by atoms with Crippen LogP contribution in [0.15, 0.2) is 12.1 Å². The minimum absolute atomic E-state index is 0.118. The normalized spacial score (nSPS) is 18.8. The van der Waals surface area contributed by atoms with Gasteiger partial charge in [0.2, 0.25) is 5.91 Å². The number of rotatable bonds is 5. The first-order chi connectivity index (χ1) is 8.06. The molecule has 0 aromatic carbocycles. The topological polar surface area (TPSA) is 41.1 Å². The quantitative estimate of drug-likeness (QED) is 0.844. The molecule has 1 aromatic rings. The van der Waals surface area contributed by atoms with Gasteiger partial charge in [-0.05, 0) is 45.7 Å². The second-order valence-corrected chi connectivity index (χ2v) is 6.16. The summed E-state index contributed by atoms with van der Waals surface area (Å²) < 4.78 is 0. The maximum Gasteiger partial charge on any atom is 0.237 e. The van der Waals surface area contributed by atoms with Crippen LogP contribution in [0.1, 0.15) is 42.5 Å². The molecule has 1 saturated carbocycles. The van der Waals surface area contributed by atoms with E-state index in [9.17, 15) is 4.79 Å². The van der Waals surface area contributed by atoms with Crippen molar-refractivity contribution in [3.8, 4) is 0 Å². The Labute approximate surface area is 107 Å². The summed E-state index contributed by atoms with van der Waals surface area (Å²) in [6.45, 7) is 6.13. The lowest BCUT2D eigenvalue weighted by Gasteiger charge is -2.18. The van der Waals surface area contributed by atoms with Crippen LogP contribution in [0, 0.1) is 6.92 Å². The van der Waals surface area contributed by atoms with Gasteiger partial charge in [-0.2, -0.15) is 0 Å². The smallest absolute Gasteiger partial charge is 0.237 e. The van der Waals surface area contributed by atoms with Crippen molar-refractivity contribution in [1.82, 2.24) is 10.6 Å². The van der Waals surface area contributed by atoms with Gasteiger partial charge in [0.1, 0.15) is 0 Å². The minimum atomic E-state index is -0.131. The Hall–Kier alpha value is -0.870. The lowest BCUT2D eigenvalue weighted by molar-refractivity contribution is -0.123. The van der Waals surface area contributed by atoms with Gasteiger partial charge in [-0.15, -0.1) is 11.3 Å². The zero-order valence-corrected chi connectivity index (χ0v) is 11.4.